The molecule has 0 aromatic carbocycles. The Morgan fingerprint density at radius 1 is 1.19 bits per heavy atom. The molecule has 0 aliphatic carbocycles. The number of hydrogen-bond acceptors (Lipinski definition) is 7. The molecule has 1 amide bonds. The van der Waals surface area contributed by atoms with Crippen LogP contribution in [0.5, 0.6) is 0 Å². The first-order valence-corrected chi connectivity index (χ1v) is 10.2. The highest BCUT2D eigenvalue weighted by atomic mass is 16.5. The molecule has 3 aromatic heterocycles. The molecule has 162 valence electrons. The number of likely N-dealkylation sites (tertiary alicyclic amines) is 1. The zero-order valence-electron chi connectivity index (χ0n) is 17.6. The van der Waals surface area contributed by atoms with Gasteiger partial charge >= 0.3 is 0 Å². The topological polar surface area (TPSA) is 112 Å². The van der Waals surface area contributed by atoms with Crippen LogP contribution in [0.15, 0.2) is 24.5 Å². The number of Topliss-reactive ketones (excluding diaryl/α,β-unsaturated/α-hetero) is 2. The molecule has 0 radical (unpaired) electrons. The smallest absolute Gasteiger partial charge is 0.257 e. The summed E-state index contributed by atoms with van der Waals surface area (Å²) in [5, 5.41) is 8.33. The Morgan fingerprint density at radius 2 is 2.00 bits per heavy atom. The molecule has 4 heterocycles. The van der Waals surface area contributed by atoms with Crippen molar-refractivity contribution in [1.29, 1.82) is 0 Å². The maximum Gasteiger partial charge on any atom is 0.257 e. The molecule has 31 heavy (non-hydrogen) atoms. The Hall–Kier alpha value is -3.40. The largest absolute Gasteiger partial charge is 0.385 e. The Bertz CT molecular complexity index is 1140. The molecule has 10 heteroatoms. The highest BCUT2D eigenvalue weighted by molar-refractivity contribution is 6.07. The maximum atomic E-state index is 13.0. The predicted molar refractivity (Wildman–Crippen MR) is 110 cm³/mol. The first-order chi connectivity index (χ1) is 15.0. The Labute approximate surface area is 178 Å². The molecular formula is C21H24N6O4. The standard InChI is InChI=1S/C21H24N6O4/c1-25-19(15(13-22-25)21(30)26-7-4-8-26)17(29)11-14-6-9-27-18(12-14)23-20(24-27)16(28)5-3-10-31-2/h6,9,12-13H,3-5,7-8,10-11H2,1-2H3. The lowest BCUT2D eigenvalue weighted by Gasteiger charge is -2.30. The van der Waals surface area contributed by atoms with E-state index < -0.39 is 0 Å². The highest BCUT2D eigenvalue weighted by Crippen LogP contribution is 2.18. The van der Waals surface area contributed by atoms with Crippen LogP contribution < -0.4 is 0 Å². The van der Waals surface area contributed by atoms with Crippen LogP contribution in [0, 0.1) is 0 Å². The first kappa shape index (κ1) is 20.9. The highest BCUT2D eigenvalue weighted by Gasteiger charge is 2.28. The summed E-state index contributed by atoms with van der Waals surface area (Å²) < 4.78 is 7.92. The van der Waals surface area contributed by atoms with Crippen molar-refractivity contribution in [1.82, 2.24) is 29.3 Å². The first-order valence-electron chi connectivity index (χ1n) is 10.2. The third kappa shape index (κ3) is 4.24. The van der Waals surface area contributed by atoms with Crippen molar-refractivity contribution in [2.24, 2.45) is 7.05 Å². The van der Waals surface area contributed by atoms with Crippen LogP contribution in [0.25, 0.3) is 5.65 Å². The average Bonchev–Trinajstić information content (AvgIpc) is 3.30. The van der Waals surface area contributed by atoms with Gasteiger partial charge in [0.2, 0.25) is 11.6 Å². The summed E-state index contributed by atoms with van der Waals surface area (Å²) in [6.07, 6.45) is 5.10. The van der Waals surface area contributed by atoms with Gasteiger partial charge in [-0.1, -0.05) is 0 Å². The lowest BCUT2D eigenvalue weighted by Crippen LogP contribution is -2.42. The Morgan fingerprint density at radius 3 is 2.71 bits per heavy atom. The number of hydrogen-bond donors (Lipinski definition) is 0. The van der Waals surface area contributed by atoms with Crippen LogP contribution in [-0.4, -0.2) is 73.6 Å². The van der Waals surface area contributed by atoms with Gasteiger partial charge in [0.05, 0.1) is 11.8 Å². The zero-order valence-corrected chi connectivity index (χ0v) is 17.6. The van der Waals surface area contributed by atoms with Gasteiger partial charge < -0.3 is 9.64 Å². The Kier molecular flexibility index (Phi) is 5.90. The van der Waals surface area contributed by atoms with E-state index >= 15 is 0 Å². The molecule has 0 atom stereocenters. The quantitative estimate of drug-likeness (QED) is 0.376. The normalized spacial score (nSPS) is 13.4. The number of ether oxygens (including phenoxy) is 1. The van der Waals surface area contributed by atoms with Crippen LogP contribution in [0.4, 0.5) is 0 Å². The molecule has 10 nitrogen and oxygen atoms in total. The van der Waals surface area contributed by atoms with Crippen molar-refractivity contribution in [3.8, 4) is 0 Å². The molecule has 0 spiro atoms. The van der Waals surface area contributed by atoms with Crippen molar-refractivity contribution in [3.63, 3.8) is 0 Å². The second kappa shape index (κ2) is 8.76. The molecule has 0 N–H and O–H groups in total. The SMILES string of the molecule is COCCCC(=O)c1nc2cc(CC(=O)c3c(C(=O)N4CCC4)cnn3C)ccn2n1. The lowest BCUT2D eigenvalue weighted by atomic mass is 10.0. The van der Waals surface area contributed by atoms with E-state index in [0.29, 0.717) is 55.0 Å². The number of fused-ring (bicyclic) bond motifs is 1. The van der Waals surface area contributed by atoms with Gasteiger partial charge in [0.1, 0.15) is 5.69 Å². The predicted octanol–water partition coefficient (Wildman–Crippen LogP) is 1.34. The van der Waals surface area contributed by atoms with E-state index in [1.54, 1.807) is 37.4 Å². The number of ketones is 2. The molecule has 1 aliphatic rings. The summed E-state index contributed by atoms with van der Waals surface area (Å²) in [6, 6.07) is 3.48. The van der Waals surface area contributed by atoms with E-state index in [1.807, 2.05) is 0 Å². The summed E-state index contributed by atoms with van der Waals surface area (Å²) >= 11 is 0. The lowest BCUT2D eigenvalue weighted by molar-refractivity contribution is 0.0647. The van der Waals surface area contributed by atoms with E-state index in [2.05, 4.69) is 15.2 Å². The van der Waals surface area contributed by atoms with E-state index in [0.717, 1.165) is 6.42 Å². The number of carbonyl (C=O) groups is 3. The third-order valence-corrected chi connectivity index (χ3v) is 5.34. The summed E-state index contributed by atoms with van der Waals surface area (Å²) in [4.78, 5) is 43.9. The molecule has 0 bridgehead atoms. The van der Waals surface area contributed by atoms with Crippen LogP contribution in [0.1, 0.15) is 56.3 Å². The van der Waals surface area contributed by atoms with E-state index in [1.165, 1.54) is 15.4 Å². The number of pyridine rings is 1. The van der Waals surface area contributed by atoms with Crippen molar-refractivity contribution < 1.29 is 19.1 Å². The van der Waals surface area contributed by atoms with Gasteiger partial charge in [-0.3, -0.25) is 19.1 Å². The van der Waals surface area contributed by atoms with Gasteiger partial charge in [-0.15, -0.1) is 5.10 Å². The fourth-order valence-electron chi connectivity index (χ4n) is 3.52. The number of amides is 1. The summed E-state index contributed by atoms with van der Waals surface area (Å²) in [5.74, 6) is -0.369. The second-order valence-electron chi connectivity index (χ2n) is 7.57. The molecule has 3 aromatic rings. The van der Waals surface area contributed by atoms with Crippen LogP contribution in [-0.2, 0) is 18.2 Å². The average molecular weight is 424 g/mol. The van der Waals surface area contributed by atoms with Crippen molar-refractivity contribution in [2.45, 2.75) is 25.7 Å². The Balaban J connectivity index is 1.51. The number of carbonyl (C=O) groups excluding carboxylic acids is 3. The number of aromatic nitrogens is 5. The molecule has 4 rings (SSSR count). The minimum Gasteiger partial charge on any atom is -0.385 e. The number of rotatable bonds is 9. The minimum atomic E-state index is -0.205. The minimum absolute atomic E-state index is 0.0836. The van der Waals surface area contributed by atoms with E-state index in [4.69, 9.17) is 4.74 Å². The van der Waals surface area contributed by atoms with Crippen molar-refractivity contribution in [3.05, 3.63) is 47.2 Å². The molecule has 0 unspecified atom stereocenters. The van der Waals surface area contributed by atoms with Gasteiger partial charge in [-0.05, 0) is 30.5 Å². The van der Waals surface area contributed by atoms with E-state index in [9.17, 15) is 14.4 Å². The van der Waals surface area contributed by atoms with Gasteiger partial charge in [-0.25, -0.2) is 9.50 Å². The number of nitrogens with zero attached hydrogens (tertiary/aromatic N) is 6. The van der Waals surface area contributed by atoms with Crippen LogP contribution in [0.2, 0.25) is 0 Å². The van der Waals surface area contributed by atoms with Gasteiger partial charge in [0, 0.05) is 52.9 Å². The number of aryl methyl sites for hydroxylation is 1. The molecule has 1 fully saturated rings. The monoisotopic (exact) mass is 424 g/mol. The second-order valence-corrected chi connectivity index (χ2v) is 7.57. The fraction of sp³-hybridized carbons (Fsp3) is 0.429. The summed E-state index contributed by atoms with van der Waals surface area (Å²) in [6.45, 7) is 1.91. The molecule has 1 saturated heterocycles. The van der Waals surface area contributed by atoms with Gasteiger partial charge in [0.25, 0.3) is 5.91 Å². The number of methoxy groups -OCH3 is 1. The van der Waals surface area contributed by atoms with E-state index in [-0.39, 0.29) is 29.7 Å². The van der Waals surface area contributed by atoms with Crippen LogP contribution in [0.3, 0.4) is 0 Å². The van der Waals surface area contributed by atoms with Gasteiger partial charge in [-0.2, -0.15) is 5.10 Å². The summed E-state index contributed by atoms with van der Waals surface area (Å²) in [7, 11) is 3.25. The molecular weight excluding hydrogens is 400 g/mol. The third-order valence-electron chi connectivity index (χ3n) is 5.34. The molecule has 1 aliphatic heterocycles. The molecule has 0 saturated carbocycles. The summed E-state index contributed by atoms with van der Waals surface area (Å²) in [5.41, 5.74) is 1.83. The van der Waals surface area contributed by atoms with Gasteiger partial charge in [0.15, 0.2) is 11.4 Å². The van der Waals surface area contributed by atoms with Crippen LogP contribution >= 0.6 is 0 Å². The fourth-order valence-corrected chi connectivity index (χ4v) is 3.52. The zero-order chi connectivity index (χ0) is 22.0. The maximum absolute atomic E-state index is 13.0. The van der Waals surface area contributed by atoms with Crippen molar-refractivity contribution in [2.75, 3.05) is 26.8 Å². The van der Waals surface area contributed by atoms with Crippen molar-refractivity contribution >= 4 is 23.1 Å².